The Morgan fingerprint density at radius 2 is 1.83 bits per heavy atom. The number of carbonyl (C=O) groups is 1. The van der Waals surface area contributed by atoms with Crippen molar-refractivity contribution in [2.75, 3.05) is 11.9 Å². The molecule has 0 amide bonds. The van der Waals surface area contributed by atoms with Crippen LogP contribution in [-0.4, -0.2) is 12.4 Å². The molecule has 0 fully saturated rings. The monoisotopic (exact) mass is 329 g/mol. The Kier molecular flexibility index (Phi) is 6.70. The number of unbranched alkanes of at least 4 members (excludes halogenated alkanes) is 1. The van der Waals surface area contributed by atoms with Gasteiger partial charge in [-0.3, -0.25) is 4.79 Å². The molecule has 120 valence electrons. The van der Waals surface area contributed by atoms with Crippen LogP contribution >= 0.6 is 11.6 Å². The summed E-state index contributed by atoms with van der Waals surface area (Å²) in [6.45, 7) is 2.82. The number of carbonyl (C=O) groups excluding carboxylic acids is 1. The summed E-state index contributed by atoms with van der Waals surface area (Å²) in [5.74, 6) is 0.727. The van der Waals surface area contributed by atoms with E-state index in [1.165, 1.54) is 6.08 Å². The van der Waals surface area contributed by atoms with Crippen molar-refractivity contribution >= 4 is 23.1 Å². The molecule has 0 aliphatic heterocycles. The van der Waals surface area contributed by atoms with E-state index in [4.69, 9.17) is 16.3 Å². The number of benzene rings is 2. The summed E-state index contributed by atoms with van der Waals surface area (Å²) in [5.41, 5.74) is 1.50. The number of anilines is 1. The van der Waals surface area contributed by atoms with E-state index >= 15 is 0 Å². The summed E-state index contributed by atoms with van der Waals surface area (Å²) in [4.78, 5) is 12.1. The summed E-state index contributed by atoms with van der Waals surface area (Å²) in [7, 11) is 0. The van der Waals surface area contributed by atoms with Gasteiger partial charge in [-0.15, -0.1) is 0 Å². The predicted molar refractivity (Wildman–Crippen MR) is 95.4 cm³/mol. The Bertz CT molecular complexity index is 648. The molecule has 0 atom stereocenters. The molecule has 2 rings (SSSR count). The van der Waals surface area contributed by atoms with Crippen molar-refractivity contribution < 1.29 is 9.53 Å². The lowest BCUT2D eigenvalue weighted by Crippen LogP contribution is -1.99. The number of ketones is 1. The average molecular weight is 330 g/mol. The zero-order valence-electron chi connectivity index (χ0n) is 13.1. The predicted octanol–water partition coefficient (Wildman–Crippen LogP) is 5.33. The number of ether oxygens (including phenoxy) is 1. The van der Waals surface area contributed by atoms with Crippen molar-refractivity contribution in [1.29, 1.82) is 0 Å². The van der Waals surface area contributed by atoms with Gasteiger partial charge in [-0.1, -0.05) is 24.9 Å². The molecule has 0 aliphatic carbocycles. The lowest BCUT2D eigenvalue weighted by Gasteiger charge is -2.05. The zero-order valence-corrected chi connectivity index (χ0v) is 13.8. The smallest absolute Gasteiger partial charge is 0.187 e. The van der Waals surface area contributed by atoms with Crippen LogP contribution in [0.4, 0.5) is 5.69 Å². The van der Waals surface area contributed by atoms with Gasteiger partial charge in [0, 0.05) is 28.5 Å². The molecule has 3 nitrogen and oxygen atoms in total. The molecule has 0 aliphatic rings. The molecule has 2 aromatic rings. The molecule has 0 saturated carbocycles. The van der Waals surface area contributed by atoms with Crippen LogP contribution in [0.2, 0.25) is 5.02 Å². The third-order valence-corrected chi connectivity index (χ3v) is 3.49. The normalized spacial score (nSPS) is 10.7. The Hall–Kier alpha value is -2.26. The van der Waals surface area contributed by atoms with Gasteiger partial charge in [-0.25, -0.2) is 0 Å². The lowest BCUT2D eigenvalue weighted by molar-refractivity contribution is 0.104. The minimum absolute atomic E-state index is 0.0634. The van der Waals surface area contributed by atoms with Crippen LogP contribution in [0, 0.1) is 0 Å². The van der Waals surface area contributed by atoms with E-state index in [1.54, 1.807) is 30.5 Å². The zero-order chi connectivity index (χ0) is 16.5. The van der Waals surface area contributed by atoms with Gasteiger partial charge in [0.05, 0.1) is 6.61 Å². The van der Waals surface area contributed by atoms with Gasteiger partial charge >= 0.3 is 0 Å². The Labute approximate surface area is 141 Å². The van der Waals surface area contributed by atoms with E-state index < -0.39 is 0 Å². The van der Waals surface area contributed by atoms with Crippen molar-refractivity contribution in [2.45, 2.75) is 19.8 Å². The molecule has 0 spiro atoms. The van der Waals surface area contributed by atoms with Crippen LogP contribution in [0.3, 0.4) is 0 Å². The highest BCUT2D eigenvalue weighted by atomic mass is 35.5. The standard InChI is InChI=1S/C19H20ClNO2/c1-2-3-14-23-18-10-4-15(5-11-18)19(22)12-13-21-17-8-6-16(20)7-9-17/h4-13,21H,2-3,14H2,1H3. The number of allylic oxidation sites excluding steroid dienone is 1. The van der Waals surface area contributed by atoms with Crippen molar-refractivity contribution in [3.63, 3.8) is 0 Å². The Morgan fingerprint density at radius 3 is 2.48 bits per heavy atom. The molecule has 4 heteroatoms. The van der Waals surface area contributed by atoms with Gasteiger partial charge in [0.1, 0.15) is 5.75 Å². The molecule has 2 aromatic carbocycles. The second-order valence-corrected chi connectivity index (χ2v) is 5.51. The van der Waals surface area contributed by atoms with Gasteiger partial charge in [0.15, 0.2) is 5.78 Å². The largest absolute Gasteiger partial charge is 0.494 e. The van der Waals surface area contributed by atoms with E-state index in [-0.39, 0.29) is 5.78 Å². The van der Waals surface area contributed by atoms with E-state index in [2.05, 4.69) is 12.2 Å². The maximum Gasteiger partial charge on any atom is 0.187 e. The van der Waals surface area contributed by atoms with Crippen LogP contribution < -0.4 is 10.1 Å². The fraction of sp³-hybridized carbons (Fsp3) is 0.211. The first-order valence-corrected chi connectivity index (χ1v) is 8.02. The van der Waals surface area contributed by atoms with Crippen LogP contribution in [-0.2, 0) is 0 Å². The second kappa shape index (κ2) is 9.01. The highest BCUT2D eigenvalue weighted by Gasteiger charge is 2.02. The summed E-state index contributed by atoms with van der Waals surface area (Å²) >= 11 is 5.82. The van der Waals surface area contributed by atoms with Crippen LogP contribution in [0.1, 0.15) is 30.1 Å². The first-order chi connectivity index (χ1) is 11.2. The average Bonchev–Trinajstić information content (AvgIpc) is 2.57. The number of rotatable bonds is 8. The molecule has 0 heterocycles. The number of hydrogen-bond acceptors (Lipinski definition) is 3. The Balaban J connectivity index is 1.87. The van der Waals surface area contributed by atoms with Gasteiger partial charge in [-0.05, 0) is 55.0 Å². The third-order valence-electron chi connectivity index (χ3n) is 3.23. The topological polar surface area (TPSA) is 38.3 Å². The Morgan fingerprint density at radius 1 is 1.13 bits per heavy atom. The van der Waals surface area contributed by atoms with Crippen molar-refractivity contribution in [3.8, 4) is 5.75 Å². The molecular formula is C19H20ClNO2. The molecule has 0 unspecified atom stereocenters. The fourth-order valence-electron chi connectivity index (χ4n) is 1.91. The number of hydrogen-bond donors (Lipinski definition) is 1. The summed E-state index contributed by atoms with van der Waals surface area (Å²) in [5, 5.41) is 3.71. The van der Waals surface area contributed by atoms with Gasteiger partial charge in [0.25, 0.3) is 0 Å². The molecule has 0 radical (unpaired) electrons. The lowest BCUT2D eigenvalue weighted by atomic mass is 10.1. The maximum absolute atomic E-state index is 12.1. The van der Waals surface area contributed by atoms with E-state index in [1.807, 2.05) is 24.3 Å². The van der Waals surface area contributed by atoms with Crippen molar-refractivity contribution in [3.05, 3.63) is 71.4 Å². The number of nitrogens with one attached hydrogen (secondary N) is 1. The maximum atomic E-state index is 12.1. The van der Waals surface area contributed by atoms with Crippen molar-refractivity contribution in [1.82, 2.24) is 0 Å². The molecular weight excluding hydrogens is 310 g/mol. The summed E-state index contributed by atoms with van der Waals surface area (Å²) in [6, 6.07) is 14.5. The van der Waals surface area contributed by atoms with Crippen LogP contribution in [0.5, 0.6) is 5.75 Å². The highest BCUT2D eigenvalue weighted by molar-refractivity contribution is 6.30. The van der Waals surface area contributed by atoms with Gasteiger partial charge in [0.2, 0.25) is 0 Å². The fourth-order valence-corrected chi connectivity index (χ4v) is 2.03. The quantitative estimate of drug-likeness (QED) is 0.404. The van der Waals surface area contributed by atoms with E-state index in [9.17, 15) is 4.79 Å². The van der Waals surface area contributed by atoms with E-state index in [0.717, 1.165) is 24.3 Å². The van der Waals surface area contributed by atoms with E-state index in [0.29, 0.717) is 17.2 Å². The molecule has 23 heavy (non-hydrogen) atoms. The molecule has 0 bridgehead atoms. The SMILES string of the molecule is CCCCOc1ccc(C(=O)C=CNc2ccc(Cl)cc2)cc1. The molecule has 0 aromatic heterocycles. The first kappa shape index (κ1) is 17.1. The second-order valence-electron chi connectivity index (χ2n) is 5.08. The van der Waals surface area contributed by atoms with Crippen LogP contribution in [0.15, 0.2) is 60.8 Å². The first-order valence-electron chi connectivity index (χ1n) is 7.65. The highest BCUT2D eigenvalue weighted by Crippen LogP contribution is 2.15. The third kappa shape index (κ3) is 5.80. The van der Waals surface area contributed by atoms with Gasteiger partial charge in [-0.2, -0.15) is 0 Å². The number of halogens is 1. The molecule has 1 N–H and O–H groups in total. The molecule has 0 saturated heterocycles. The summed E-state index contributed by atoms with van der Waals surface area (Å²) < 4.78 is 5.58. The summed E-state index contributed by atoms with van der Waals surface area (Å²) in [6.07, 6.45) is 5.25. The minimum atomic E-state index is -0.0634. The minimum Gasteiger partial charge on any atom is -0.494 e. The van der Waals surface area contributed by atoms with Crippen molar-refractivity contribution in [2.24, 2.45) is 0 Å². The van der Waals surface area contributed by atoms with Gasteiger partial charge < -0.3 is 10.1 Å². The van der Waals surface area contributed by atoms with Crippen LogP contribution in [0.25, 0.3) is 0 Å².